The molecule has 5 rings (SSSR count). The third-order valence-electron chi connectivity index (χ3n) is 6.99. The topological polar surface area (TPSA) is 84.7 Å². The maximum Gasteiger partial charge on any atom is 0.246 e. The Labute approximate surface area is 223 Å². The average Bonchev–Trinajstić information content (AvgIpc) is 2.94. The summed E-state index contributed by atoms with van der Waals surface area (Å²) in [6, 6.07) is 30.5. The molecular formula is C32H33N3O3. The summed E-state index contributed by atoms with van der Waals surface area (Å²) in [6.07, 6.45) is 2.62. The van der Waals surface area contributed by atoms with E-state index in [-0.39, 0.29) is 11.8 Å². The molecule has 0 aliphatic carbocycles. The van der Waals surface area contributed by atoms with Gasteiger partial charge in [-0.25, -0.2) is 0 Å². The molecule has 0 spiro atoms. The molecule has 6 nitrogen and oxygen atoms in total. The molecule has 2 amide bonds. The molecular weight excluding hydrogens is 474 g/mol. The SMILES string of the molecule is NCCCCC1C(=O)NC(Cc2ccc3ccccc3c2)C(=O)N1Cc1cccc(Oc2ccccc2)c1. The Morgan fingerprint density at radius 1 is 0.763 bits per heavy atom. The van der Waals surface area contributed by atoms with Crippen molar-refractivity contribution in [2.45, 2.75) is 44.3 Å². The first-order chi connectivity index (χ1) is 18.6. The first-order valence-corrected chi connectivity index (χ1v) is 13.2. The van der Waals surface area contributed by atoms with Gasteiger partial charge in [-0.05, 0) is 72.0 Å². The van der Waals surface area contributed by atoms with E-state index in [1.165, 1.54) is 0 Å². The van der Waals surface area contributed by atoms with Crippen molar-refractivity contribution in [2.75, 3.05) is 6.54 Å². The lowest BCUT2D eigenvalue weighted by Crippen LogP contribution is -2.63. The largest absolute Gasteiger partial charge is 0.457 e. The third kappa shape index (κ3) is 6.03. The number of nitrogens with two attached hydrogens (primary N) is 1. The molecule has 2 atom stereocenters. The summed E-state index contributed by atoms with van der Waals surface area (Å²) >= 11 is 0. The number of unbranched alkanes of at least 4 members (excludes halogenated alkanes) is 1. The maximum absolute atomic E-state index is 13.8. The third-order valence-corrected chi connectivity index (χ3v) is 6.99. The predicted molar refractivity (Wildman–Crippen MR) is 150 cm³/mol. The number of ether oxygens (including phenoxy) is 1. The van der Waals surface area contributed by atoms with Gasteiger partial charge >= 0.3 is 0 Å². The quantitative estimate of drug-likeness (QED) is 0.289. The lowest BCUT2D eigenvalue weighted by atomic mass is 9.96. The lowest BCUT2D eigenvalue weighted by Gasteiger charge is -2.39. The Morgan fingerprint density at radius 3 is 2.34 bits per heavy atom. The van der Waals surface area contributed by atoms with Crippen LogP contribution in [0.25, 0.3) is 10.8 Å². The highest BCUT2D eigenvalue weighted by atomic mass is 16.5. The van der Waals surface area contributed by atoms with Crippen molar-refractivity contribution >= 4 is 22.6 Å². The van der Waals surface area contributed by atoms with Crippen molar-refractivity contribution in [3.8, 4) is 11.5 Å². The number of nitrogens with zero attached hydrogens (tertiary/aromatic N) is 1. The van der Waals surface area contributed by atoms with Crippen molar-refractivity contribution in [3.05, 3.63) is 108 Å². The summed E-state index contributed by atoms with van der Waals surface area (Å²) in [5.74, 6) is 1.26. The van der Waals surface area contributed by atoms with Crippen LogP contribution in [-0.2, 0) is 22.6 Å². The number of fused-ring (bicyclic) bond motifs is 1. The Kier molecular flexibility index (Phi) is 8.00. The van der Waals surface area contributed by atoms with Gasteiger partial charge in [-0.15, -0.1) is 0 Å². The molecule has 0 radical (unpaired) electrons. The molecule has 1 fully saturated rings. The average molecular weight is 508 g/mol. The van der Waals surface area contributed by atoms with Gasteiger partial charge in [0.25, 0.3) is 0 Å². The number of benzene rings is 4. The summed E-state index contributed by atoms with van der Waals surface area (Å²) in [5, 5.41) is 5.28. The number of carbonyl (C=O) groups excluding carboxylic acids is 2. The molecule has 2 unspecified atom stereocenters. The summed E-state index contributed by atoms with van der Waals surface area (Å²) in [6.45, 7) is 0.894. The van der Waals surface area contributed by atoms with E-state index in [9.17, 15) is 9.59 Å². The minimum Gasteiger partial charge on any atom is -0.457 e. The molecule has 6 heteroatoms. The van der Waals surface area contributed by atoms with Gasteiger partial charge in [-0.2, -0.15) is 0 Å². The minimum absolute atomic E-state index is 0.0649. The summed E-state index contributed by atoms with van der Waals surface area (Å²) < 4.78 is 6.00. The van der Waals surface area contributed by atoms with Gasteiger partial charge < -0.3 is 20.7 Å². The molecule has 3 N–H and O–H groups in total. The highest BCUT2D eigenvalue weighted by molar-refractivity contribution is 5.97. The van der Waals surface area contributed by atoms with Crippen molar-refractivity contribution in [2.24, 2.45) is 5.73 Å². The van der Waals surface area contributed by atoms with Crippen LogP contribution in [0.4, 0.5) is 0 Å². The zero-order valence-corrected chi connectivity index (χ0v) is 21.4. The van der Waals surface area contributed by atoms with Crippen LogP contribution in [-0.4, -0.2) is 35.3 Å². The molecule has 1 heterocycles. The second-order valence-electron chi connectivity index (χ2n) is 9.78. The van der Waals surface area contributed by atoms with Crippen LogP contribution in [0.15, 0.2) is 97.1 Å². The zero-order valence-electron chi connectivity index (χ0n) is 21.4. The van der Waals surface area contributed by atoms with E-state index in [1.807, 2.05) is 72.8 Å². The molecule has 4 aromatic rings. The molecule has 1 saturated heterocycles. The van der Waals surface area contributed by atoms with E-state index < -0.39 is 12.1 Å². The maximum atomic E-state index is 13.8. The van der Waals surface area contributed by atoms with Gasteiger partial charge in [0.05, 0.1) is 0 Å². The monoisotopic (exact) mass is 507 g/mol. The lowest BCUT2D eigenvalue weighted by molar-refractivity contribution is -0.150. The van der Waals surface area contributed by atoms with E-state index in [2.05, 4.69) is 29.6 Å². The fraction of sp³-hybridized carbons (Fsp3) is 0.250. The first kappa shape index (κ1) is 25.5. The number of piperazine rings is 1. The van der Waals surface area contributed by atoms with Gasteiger partial charge in [0.15, 0.2) is 0 Å². The Balaban J connectivity index is 1.37. The smallest absolute Gasteiger partial charge is 0.246 e. The van der Waals surface area contributed by atoms with Crippen LogP contribution < -0.4 is 15.8 Å². The number of carbonyl (C=O) groups is 2. The second-order valence-corrected chi connectivity index (χ2v) is 9.78. The van der Waals surface area contributed by atoms with E-state index in [0.717, 1.165) is 40.5 Å². The van der Waals surface area contributed by atoms with Crippen molar-refractivity contribution in [1.29, 1.82) is 0 Å². The van der Waals surface area contributed by atoms with Gasteiger partial charge in [-0.3, -0.25) is 9.59 Å². The summed E-state index contributed by atoms with van der Waals surface area (Å²) in [4.78, 5) is 28.9. The summed E-state index contributed by atoms with van der Waals surface area (Å²) in [5.41, 5.74) is 7.62. The Hall–Kier alpha value is -4.16. The number of amides is 2. The molecule has 0 bridgehead atoms. The van der Waals surface area contributed by atoms with Crippen molar-refractivity contribution < 1.29 is 14.3 Å². The van der Waals surface area contributed by atoms with E-state index >= 15 is 0 Å². The second kappa shape index (κ2) is 11.9. The zero-order chi connectivity index (χ0) is 26.3. The van der Waals surface area contributed by atoms with Gasteiger partial charge in [0.1, 0.15) is 23.6 Å². The molecule has 4 aromatic carbocycles. The number of nitrogens with one attached hydrogen (secondary N) is 1. The van der Waals surface area contributed by atoms with Crippen LogP contribution >= 0.6 is 0 Å². The number of para-hydroxylation sites is 1. The van der Waals surface area contributed by atoms with E-state index in [1.54, 1.807) is 4.90 Å². The molecule has 194 valence electrons. The van der Waals surface area contributed by atoms with E-state index in [0.29, 0.717) is 31.7 Å². The van der Waals surface area contributed by atoms with Gasteiger partial charge in [0, 0.05) is 13.0 Å². The van der Waals surface area contributed by atoms with Gasteiger partial charge in [0.2, 0.25) is 11.8 Å². The number of rotatable bonds is 10. The predicted octanol–water partition coefficient (Wildman–Crippen LogP) is 5.20. The van der Waals surface area contributed by atoms with Crippen LogP contribution in [0.5, 0.6) is 11.5 Å². The molecule has 1 aliphatic rings. The molecule has 0 saturated carbocycles. The highest BCUT2D eigenvalue weighted by Gasteiger charge is 2.40. The number of hydrogen-bond acceptors (Lipinski definition) is 4. The van der Waals surface area contributed by atoms with Crippen LogP contribution in [0, 0.1) is 0 Å². The first-order valence-electron chi connectivity index (χ1n) is 13.2. The number of hydrogen-bond donors (Lipinski definition) is 2. The van der Waals surface area contributed by atoms with Crippen LogP contribution in [0.3, 0.4) is 0 Å². The standard InChI is InChI=1S/C32H33N3O3/c33-18-7-6-15-30-31(36)34-29(21-23-16-17-25-10-4-5-11-26(25)19-23)32(37)35(30)22-24-9-8-14-28(20-24)38-27-12-2-1-3-13-27/h1-5,8-14,16-17,19-20,29-30H,6-7,15,18,21-22,33H2,(H,34,36). The van der Waals surface area contributed by atoms with Crippen molar-refractivity contribution in [1.82, 2.24) is 10.2 Å². The van der Waals surface area contributed by atoms with Crippen LogP contribution in [0.1, 0.15) is 30.4 Å². The highest BCUT2D eigenvalue weighted by Crippen LogP contribution is 2.26. The Bertz CT molecular complexity index is 1410. The summed E-state index contributed by atoms with van der Waals surface area (Å²) in [7, 11) is 0. The van der Waals surface area contributed by atoms with Crippen molar-refractivity contribution in [3.63, 3.8) is 0 Å². The fourth-order valence-corrected chi connectivity index (χ4v) is 5.05. The minimum atomic E-state index is -0.613. The van der Waals surface area contributed by atoms with Crippen LogP contribution in [0.2, 0.25) is 0 Å². The Morgan fingerprint density at radius 2 is 1.53 bits per heavy atom. The van der Waals surface area contributed by atoms with E-state index in [4.69, 9.17) is 10.5 Å². The molecule has 38 heavy (non-hydrogen) atoms. The normalized spacial score (nSPS) is 17.4. The fourth-order valence-electron chi connectivity index (χ4n) is 5.05. The molecule has 1 aliphatic heterocycles. The molecule has 0 aromatic heterocycles. The van der Waals surface area contributed by atoms with Gasteiger partial charge in [-0.1, -0.05) is 72.8 Å².